The normalized spacial score (nSPS) is 15.8. The van der Waals surface area contributed by atoms with E-state index in [0.717, 1.165) is 39.6 Å². The first kappa shape index (κ1) is 20.8. The summed E-state index contributed by atoms with van der Waals surface area (Å²) in [4.78, 5) is 32.0. The van der Waals surface area contributed by atoms with Crippen LogP contribution in [0.4, 0.5) is 11.4 Å². The predicted molar refractivity (Wildman–Crippen MR) is 127 cm³/mol. The second kappa shape index (κ2) is 8.43. The van der Waals surface area contributed by atoms with Crippen LogP contribution in [0, 0.1) is 12.8 Å². The first-order valence-corrected chi connectivity index (χ1v) is 10.8. The van der Waals surface area contributed by atoms with Crippen molar-refractivity contribution >= 4 is 28.8 Å². The minimum absolute atomic E-state index is 0.0597. The number of rotatable bonds is 5. The van der Waals surface area contributed by atoms with Crippen molar-refractivity contribution in [1.82, 2.24) is 9.38 Å². The molecule has 4 aromatic rings. The summed E-state index contributed by atoms with van der Waals surface area (Å²) in [5.41, 5.74) is 5.06. The van der Waals surface area contributed by atoms with Gasteiger partial charge in [-0.3, -0.25) is 9.59 Å². The summed E-state index contributed by atoms with van der Waals surface area (Å²) in [5.74, 6) is 0.0867. The molecule has 7 nitrogen and oxygen atoms in total. The van der Waals surface area contributed by atoms with E-state index >= 15 is 0 Å². The van der Waals surface area contributed by atoms with E-state index in [0.29, 0.717) is 6.54 Å². The van der Waals surface area contributed by atoms with Crippen molar-refractivity contribution in [1.29, 1.82) is 0 Å². The zero-order chi connectivity index (χ0) is 22.9. The number of anilines is 2. The van der Waals surface area contributed by atoms with Gasteiger partial charge in [0, 0.05) is 42.3 Å². The fourth-order valence-electron chi connectivity index (χ4n) is 4.12. The Balaban J connectivity index is 1.33. The number of fused-ring (bicyclic) bond motifs is 1. The quantitative estimate of drug-likeness (QED) is 0.502. The maximum atomic E-state index is 13.0. The fourth-order valence-corrected chi connectivity index (χ4v) is 4.12. The summed E-state index contributed by atoms with van der Waals surface area (Å²) in [6.07, 6.45) is 4.10. The lowest BCUT2D eigenvalue weighted by Crippen LogP contribution is -2.28. The minimum Gasteiger partial charge on any atom is -0.497 e. The molecule has 3 heterocycles. The van der Waals surface area contributed by atoms with Crippen LogP contribution in [-0.2, 0) is 9.59 Å². The topological polar surface area (TPSA) is 75.9 Å². The lowest BCUT2D eigenvalue weighted by Gasteiger charge is -2.17. The zero-order valence-electron chi connectivity index (χ0n) is 18.5. The Morgan fingerprint density at radius 1 is 1.12 bits per heavy atom. The van der Waals surface area contributed by atoms with Gasteiger partial charge in [0.15, 0.2) is 0 Å². The maximum Gasteiger partial charge on any atom is 0.229 e. The summed E-state index contributed by atoms with van der Waals surface area (Å²) >= 11 is 0. The predicted octanol–water partition coefficient (Wildman–Crippen LogP) is 4.31. The van der Waals surface area contributed by atoms with Crippen LogP contribution < -0.4 is 15.0 Å². The number of methoxy groups -OCH3 is 1. The second-order valence-corrected chi connectivity index (χ2v) is 8.21. The van der Waals surface area contributed by atoms with E-state index in [1.807, 2.05) is 84.4 Å². The summed E-state index contributed by atoms with van der Waals surface area (Å²) in [6.45, 7) is 2.30. The molecule has 1 aliphatic rings. The molecule has 0 radical (unpaired) electrons. The number of hydrogen-bond donors (Lipinski definition) is 1. The van der Waals surface area contributed by atoms with Crippen LogP contribution in [0.25, 0.3) is 16.9 Å². The molecule has 0 saturated carbocycles. The Morgan fingerprint density at radius 2 is 1.94 bits per heavy atom. The third-order valence-corrected chi connectivity index (χ3v) is 6.04. The van der Waals surface area contributed by atoms with Crippen LogP contribution in [0.5, 0.6) is 5.75 Å². The van der Waals surface area contributed by atoms with Gasteiger partial charge in [-0.15, -0.1) is 0 Å². The molecule has 2 amide bonds. The summed E-state index contributed by atoms with van der Waals surface area (Å²) < 4.78 is 7.14. The SMILES string of the molecule is COc1ccc(N2C[C@@H](C(=O)Nc3cc(-c4cn5ccccc5n4)ccc3C)CC2=O)cc1. The molecule has 1 fully saturated rings. The molecule has 0 spiro atoms. The Bertz CT molecular complexity index is 1310. The van der Waals surface area contributed by atoms with E-state index in [1.54, 1.807) is 12.0 Å². The van der Waals surface area contributed by atoms with Crippen molar-refractivity contribution in [3.8, 4) is 17.0 Å². The molecule has 33 heavy (non-hydrogen) atoms. The molecule has 166 valence electrons. The molecule has 1 aliphatic heterocycles. The molecular weight excluding hydrogens is 416 g/mol. The summed E-state index contributed by atoms with van der Waals surface area (Å²) in [6, 6.07) is 19.0. The molecule has 5 rings (SSSR count). The van der Waals surface area contributed by atoms with Crippen molar-refractivity contribution < 1.29 is 14.3 Å². The van der Waals surface area contributed by atoms with Crippen molar-refractivity contribution in [2.45, 2.75) is 13.3 Å². The van der Waals surface area contributed by atoms with Gasteiger partial charge in [0.05, 0.1) is 18.7 Å². The molecule has 2 aromatic carbocycles. The van der Waals surface area contributed by atoms with Gasteiger partial charge in [0.2, 0.25) is 11.8 Å². The van der Waals surface area contributed by atoms with Crippen molar-refractivity contribution in [2.75, 3.05) is 23.9 Å². The Labute approximate surface area is 191 Å². The van der Waals surface area contributed by atoms with E-state index in [1.165, 1.54) is 0 Å². The molecule has 0 aliphatic carbocycles. The van der Waals surface area contributed by atoms with E-state index < -0.39 is 5.92 Å². The van der Waals surface area contributed by atoms with Crippen molar-refractivity contribution in [2.24, 2.45) is 5.92 Å². The van der Waals surface area contributed by atoms with Crippen molar-refractivity contribution in [3.63, 3.8) is 0 Å². The average molecular weight is 441 g/mol. The van der Waals surface area contributed by atoms with Crippen molar-refractivity contribution in [3.05, 3.63) is 78.6 Å². The van der Waals surface area contributed by atoms with Gasteiger partial charge in [-0.1, -0.05) is 18.2 Å². The number of aromatic nitrogens is 2. The fraction of sp³-hybridized carbons (Fsp3) is 0.192. The van der Waals surface area contributed by atoms with E-state index in [4.69, 9.17) is 4.74 Å². The molecule has 2 aromatic heterocycles. The Morgan fingerprint density at radius 3 is 2.70 bits per heavy atom. The smallest absolute Gasteiger partial charge is 0.229 e. The average Bonchev–Trinajstić information content (AvgIpc) is 3.44. The van der Waals surface area contributed by atoms with Crippen LogP contribution in [0.3, 0.4) is 0 Å². The van der Waals surface area contributed by atoms with Gasteiger partial charge in [0.1, 0.15) is 11.4 Å². The van der Waals surface area contributed by atoms with E-state index in [-0.39, 0.29) is 18.2 Å². The largest absolute Gasteiger partial charge is 0.497 e. The number of carbonyl (C=O) groups excluding carboxylic acids is 2. The Hall–Kier alpha value is -4.13. The molecule has 1 saturated heterocycles. The molecule has 7 heteroatoms. The maximum absolute atomic E-state index is 13.0. The number of carbonyl (C=O) groups is 2. The highest BCUT2D eigenvalue weighted by atomic mass is 16.5. The molecule has 0 bridgehead atoms. The second-order valence-electron chi connectivity index (χ2n) is 8.21. The third kappa shape index (κ3) is 4.05. The number of benzene rings is 2. The Kier molecular flexibility index (Phi) is 5.30. The number of aryl methyl sites for hydroxylation is 1. The lowest BCUT2D eigenvalue weighted by molar-refractivity contribution is -0.122. The van der Waals surface area contributed by atoms with Crippen LogP contribution in [0.15, 0.2) is 73.1 Å². The summed E-state index contributed by atoms with van der Waals surface area (Å²) in [5, 5.41) is 3.03. The van der Waals surface area contributed by atoms with Gasteiger partial charge in [-0.2, -0.15) is 0 Å². The number of amides is 2. The monoisotopic (exact) mass is 440 g/mol. The highest BCUT2D eigenvalue weighted by Crippen LogP contribution is 2.29. The molecule has 1 N–H and O–H groups in total. The van der Waals surface area contributed by atoms with Crippen LogP contribution in [0.2, 0.25) is 0 Å². The number of hydrogen-bond acceptors (Lipinski definition) is 4. The number of ether oxygens (including phenoxy) is 1. The van der Waals surface area contributed by atoms with Gasteiger partial charge >= 0.3 is 0 Å². The van der Waals surface area contributed by atoms with E-state index in [2.05, 4.69) is 10.3 Å². The van der Waals surface area contributed by atoms with Gasteiger partial charge in [-0.25, -0.2) is 4.98 Å². The first-order valence-electron chi connectivity index (χ1n) is 10.8. The highest BCUT2D eigenvalue weighted by molar-refractivity contribution is 6.03. The molecule has 0 unspecified atom stereocenters. The lowest BCUT2D eigenvalue weighted by atomic mass is 10.1. The number of pyridine rings is 1. The minimum atomic E-state index is -0.419. The number of nitrogens with one attached hydrogen (secondary N) is 1. The number of imidazole rings is 1. The third-order valence-electron chi connectivity index (χ3n) is 6.04. The zero-order valence-corrected chi connectivity index (χ0v) is 18.5. The van der Waals surface area contributed by atoms with Gasteiger partial charge in [-0.05, 0) is 55.0 Å². The standard InChI is InChI=1S/C26H24N4O3/c1-17-6-7-18(23-16-29-12-4-3-5-24(29)27-23)13-22(17)28-26(32)19-14-25(31)30(15-19)20-8-10-21(33-2)11-9-20/h3-13,16,19H,14-15H2,1-2H3,(H,28,32)/t19-/m0/s1. The van der Waals surface area contributed by atoms with Crippen LogP contribution in [0.1, 0.15) is 12.0 Å². The van der Waals surface area contributed by atoms with Crippen LogP contribution in [-0.4, -0.2) is 34.9 Å². The van der Waals surface area contributed by atoms with Gasteiger partial charge < -0.3 is 19.4 Å². The highest BCUT2D eigenvalue weighted by Gasteiger charge is 2.35. The summed E-state index contributed by atoms with van der Waals surface area (Å²) in [7, 11) is 1.60. The first-order chi connectivity index (χ1) is 16.0. The number of nitrogens with zero attached hydrogens (tertiary/aromatic N) is 3. The molecular formula is C26H24N4O3. The van der Waals surface area contributed by atoms with E-state index in [9.17, 15) is 9.59 Å². The molecule has 1 atom stereocenters. The van der Waals surface area contributed by atoms with Crippen LogP contribution >= 0.6 is 0 Å². The van der Waals surface area contributed by atoms with Gasteiger partial charge in [0.25, 0.3) is 0 Å².